The largest absolute Gasteiger partial charge is 0.465 e. The highest BCUT2D eigenvalue weighted by atomic mass is 32.1. The molecule has 0 saturated heterocycles. The van der Waals surface area contributed by atoms with Crippen molar-refractivity contribution in [3.8, 4) is 21.8 Å². The molecule has 6 nitrogen and oxygen atoms in total. The van der Waals surface area contributed by atoms with Gasteiger partial charge in [0, 0.05) is 22.1 Å². The maximum absolute atomic E-state index is 12.4. The Morgan fingerprint density at radius 3 is 2.65 bits per heavy atom. The van der Waals surface area contributed by atoms with E-state index in [0.29, 0.717) is 16.9 Å². The SMILES string of the molecule is O=C(O)Nc1ccc(-c2nc(-c3cc4ccccc4[nH]c3=O)cs2)cc1. The van der Waals surface area contributed by atoms with Crippen LogP contribution >= 0.6 is 11.3 Å². The highest BCUT2D eigenvalue weighted by Crippen LogP contribution is 2.29. The van der Waals surface area contributed by atoms with Crippen molar-refractivity contribution in [3.63, 3.8) is 0 Å². The van der Waals surface area contributed by atoms with Crippen molar-refractivity contribution in [3.05, 3.63) is 70.3 Å². The van der Waals surface area contributed by atoms with Crippen molar-refractivity contribution in [1.82, 2.24) is 9.97 Å². The van der Waals surface area contributed by atoms with Gasteiger partial charge in [-0.1, -0.05) is 18.2 Å². The Morgan fingerprint density at radius 1 is 1.12 bits per heavy atom. The quantitative estimate of drug-likeness (QED) is 0.502. The molecule has 0 aliphatic carbocycles. The van der Waals surface area contributed by atoms with Gasteiger partial charge in [0.1, 0.15) is 5.01 Å². The van der Waals surface area contributed by atoms with Crippen LogP contribution in [0.25, 0.3) is 32.7 Å². The van der Waals surface area contributed by atoms with E-state index in [1.165, 1.54) is 11.3 Å². The van der Waals surface area contributed by atoms with Gasteiger partial charge in [0.05, 0.1) is 11.3 Å². The lowest BCUT2D eigenvalue weighted by Gasteiger charge is -2.02. The molecule has 0 aliphatic rings. The number of hydrogen-bond donors (Lipinski definition) is 3. The number of nitrogens with zero attached hydrogens (tertiary/aromatic N) is 1. The van der Waals surface area contributed by atoms with Crippen LogP contribution in [0, 0.1) is 0 Å². The molecule has 0 fully saturated rings. The number of rotatable bonds is 3. The minimum Gasteiger partial charge on any atom is -0.465 e. The van der Waals surface area contributed by atoms with Crippen molar-refractivity contribution in [1.29, 1.82) is 0 Å². The molecule has 0 aliphatic heterocycles. The van der Waals surface area contributed by atoms with Gasteiger partial charge in [0.15, 0.2) is 0 Å². The average Bonchev–Trinajstić information content (AvgIpc) is 3.11. The number of anilines is 1. The molecular weight excluding hydrogens is 350 g/mol. The molecule has 4 rings (SSSR count). The molecule has 0 bridgehead atoms. The summed E-state index contributed by atoms with van der Waals surface area (Å²) in [6.07, 6.45) is -1.11. The van der Waals surface area contributed by atoms with E-state index >= 15 is 0 Å². The van der Waals surface area contributed by atoms with E-state index in [2.05, 4.69) is 15.3 Å². The summed E-state index contributed by atoms with van der Waals surface area (Å²) in [6.45, 7) is 0. The van der Waals surface area contributed by atoms with Crippen molar-refractivity contribution in [2.75, 3.05) is 5.32 Å². The van der Waals surface area contributed by atoms with Crippen molar-refractivity contribution in [2.45, 2.75) is 0 Å². The number of amides is 1. The molecule has 2 aromatic heterocycles. The number of carboxylic acid groups (broad SMARTS) is 1. The number of nitrogens with one attached hydrogen (secondary N) is 2. The molecule has 4 aromatic rings. The zero-order valence-corrected chi connectivity index (χ0v) is 14.2. The third kappa shape index (κ3) is 3.07. The lowest BCUT2D eigenvalue weighted by atomic mass is 10.1. The van der Waals surface area contributed by atoms with E-state index in [1.807, 2.05) is 35.7 Å². The molecule has 3 N–H and O–H groups in total. The number of aromatic amines is 1. The molecule has 0 saturated carbocycles. The second kappa shape index (κ2) is 6.45. The highest BCUT2D eigenvalue weighted by molar-refractivity contribution is 7.13. The van der Waals surface area contributed by atoms with Gasteiger partial charge in [-0.3, -0.25) is 10.1 Å². The zero-order valence-electron chi connectivity index (χ0n) is 13.4. The number of benzene rings is 2. The van der Waals surface area contributed by atoms with Crippen LogP contribution in [0.1, 0.15) is 0 Å². The fraction of sp³-hybridized carbons (Fsp3) is 0. The number of hydrogen-bond acceptors (Lipinski definition) is 4. The standard InChI is InChI=1S/C19H13N3O3S/c23-17-14(9-12-3-1-2-4-15(12)21-17)16-10-26-18(22-16)11-5-7-13(8-6-11)20-19(24)25/h1-10,20H,(H,21,23)(H,24,25). The van der Waals surface area contributed by atoms with Gasteiger partial charge < -0.3 is 10.1 Å². The highest BCUT2D eigenvalue weighted by Gasteiger charge is 2.11. The zero-order chi connectivity index (χ0) is 18.1. The van der Waals surface area contributed by atoms with Crippen molar-refractivity contribution < 1.29 is 9.90 Å². The van der Waals surface area contributed by atoms with Gasteiger partial charge >= 0.3 is 6.09 Å². The van der Waals surface area contributed by atoms with Crippen LogP contribution in [0.2, 0.25) is 0 Å². The maximum atomic E-state index is 12.4. The predicted octanol–water partition coefficient (Wildman–Crippen LogP) is 4.41. The summed E-state index contributed by atoms with van der Waals surface area (Å²) in [5.74, 6) is 0. The monoisotopic (exact) mass is 363 g/mol. The molecule has 7 heteroatoms. The Morgan fingerprint density at radius 2 is 1.88 bits per heavy atom. The Balaban J connectivity index is 1.69. The van der Waals surface area contributed by atoms with Gasteiger partial charge in [-0.05, 0) is 41.8 Å². The van der Waals surface area contributed by atoms with Gasteiger partial charge in [-0.2, -0.15) is 0 Å². The van der Waals surface area contributed by atoms with E-state index in [4.69, 9.17) is 5.11 Å². The number of H-pyrrole nitrogens is 1. The van der Waals surface area contributed by atoms with Crippen molar-refractivity contribution >= 4 is 34.0 Å². The Labute approximate surface area is 151 Å². The van der Waals surface area contributed by atoms with E-state index in [0.717, 1.165) is 21.5 Å². The van der Waals surface area contributed by atoms with E-state index in [1.54, 1.807) is 24.3 Å². The van der Waals surface area contributed by atoms with Gasteiger partial charge in [-0.25, -0.2) is 9.78 Å². The summed E-state index contributed by atoms with van der Waals surface area (Å²) >= 11 is 1.43. The summed E-state index contributed by atoms with van der Waals surface area (Å²) in [7, 11) is 0. The molecule has 0 unspecified atom stereocenters. The Kier molecular flexibility index (Phi) is 3.98. The Bertz CT molecular complexity index is 1160. The fourth-order valence-electron chi connectivity index (χ4n) is 2.69. The third-order valence-electron chi connectivity index (χ3n) is 3.92. The van der Waals surface area contributed by atoms with Crippen LogP contribution in [0.4, 0.5) is 10.5 Å². The first-order valence-corrected chi connectivity index (χ1v) is 8.66. The molecule has 2 aromatic carbocycles. The summed E-state index contributed by atoms with van der Waals surface area (Å²) < 4.78 is 0. The molecular formula is C19H13N3O3S. The van der Waals surface area contributed by atoms with Crippen LogP contribution in [0.5, 0.6) is 0 Å². The number of thiazole rings is 1. The molecule has 1 amide bonds. The number of fused-ring (bicyclic) bond motifs is 1. The number of aromatic nitrogens is 2. The number of para-hydroxylation sites is 1. The smallest absolute Gasteiger partial charge is 0.409 e. The molecule has 2 heterocycles. The van der Waals surface area contributed by atoms with Crippen LogP contribution in [0.15, 0.2) is 64.8 Å². The first-order valence-electron chi connectivity index (χ1n) is 7.78. The van der Waals surface area contributed by atoms with Crippen LogP contribution in [0.3, 0.4) is 0 Å². The van der Waals surface area contributed by atoms with E-state index in [-0.39, 0.29) is 5.56 Å². The first-order chi connectivity index (χ1) is 12.6. The first kappa shape index (κ1) is 16.0. The second-order valence-corrected chi connectivity index (χ2v) is 6.50. The Hall–Kier alpha value is -3.45. The van der Waals surface area contributed by atoms with Gasteiger partial charge in [0.2, 0.25) is 0 Å². The van der Waals surface area contributed by atoms with Crippen LogP contribution in [-0.2, 0) is 0 Å². The molecule has 26 heavy (non-hydrogen) atoms. The molecule has 0 spiro atoms. The number of carbonyl (C=O) groups is 1. The minimum absolute atomic E-state index is 0.179. The van der Waals surface area contributed by atoms with Crippen molar-refractivity contribution in [2.24, 2.45) is 0 Å². The number of pyridine rings is 1. The normalized spacial score (nSPS) is 10.8. The maximum Gasteiger partial charge on any atom is 0.409 e. The van der Waals surface area contributed by atoms with Crippen LogP contribution in [-0.4, -0.2) is 21.2 Å². The topological polar surface area (TPSA) is 95.1 Å². The summed E-state index contributed by atoms with van der Waals surface area (Å²) in [6, 6.07) is 16.4. The average molecular weight is 363 g/mol. The summed E-state index contributed by atoms with van der Waals surface area (Å²) in [4.78, 5) is 30.5. The second-order valence-electron chi connectivity index (χ2n) is 5.64. The lowest BCUT2D eigenvalue weighted by Crippen LogP contribution is -2.08. The molecule has 128 valence electrons. The van der Waals surface area contributed by atoms with Gasteiger partial charge in [0.25, 0.3) is 5.56 Å². The molecule has 0 radical (unpaired) electrons. The van der Waals surface area contributed by atoms with E-state index < -0.39 is 6.09 Å². The summed E-state index contributed by atoms with van der Waals surface area (Å²) in [5.41, 5.74) is 3.10. The summed E-state index contributed by atoms with van der Waals surface area (Å²) in [5, 5.41) is 14.6. The fourth-order valence-corrected chi connectivity index (χ4v) is 3.51. The molecule has 0 atom stereocenters. The third-order valence-corrected chi connectivity index (χ3v) is 4.81. The minimum atomic E-state index is -1.11. The van der Waals surface area contributed by atoms with E-state index in [9.17, 15) is 9.59 Å². The van der Waals surface area contributed by atoms with Crippen LogP contribution < -0.4 is 10.9 Å². The lowest BCUT2D eigenvalue weighted by molar-refractivity contribution is 0.210. The predicted molar refractivity (Wildman–Crippen MR) is 103 cm³/mol. The van der Waals surface area contributed by atoms with Gasteiger partial charge in [-0.15, -0.1) is 11.3 Å².